The maximum Gasteiger partial charge on any atom is 0.0902 e. The highest BCUT2D eigenvalue weighted by Crippen LogP contribution is 2.52. The molecule has 9 rings (SSSR count). The summed E-state index contributed by atoms with van der Waals surface area (Å²) in [5.41, 5.74) is 10.1. The van der Waals surface area contributed by atoms with Crippen LogP contribution in [0.5, 0.6) is 0 Å². The number of hydrogen-bond acceptors (Lipinski definition) is 2. The lowest BCUT2D eigenvalue weighted by Crippen LogP contribution is -1.90. The molecule has 0 atom stereocenters. The van der Waals surface area contributed by atoms with Crippen LogP contribution >= 0.6 is 11.3 Å². The molecule has 0 bridgehead atoms. The van der Waals surface area contributed by atoms with Gasteiger partial charge >= 0.3 is 0 Å². The number of fused-ring (bicyclic) bond motifs is 9. The van der Waals surface area contributed by atoms with Gasteiger partial charge in [0, 0.05) is 21.0 Å². The normalized spacial score (nSPS) is 12.3. The molecule has 37 heavy (non-hydrogen) atoms. The van der Waals surface area contributed by atoms with Crippen LogP contribution in [0.1, 0.15) is 0 Å². The van der Waals surface area contributed by atoms with E-state index in [0.29, 0.717) is 0 Å². The summed E-state index contributed by atoms with van der Waals surface area (Å²) in [6, 6.07) is 42.1. The molecule has 1 aliphatic rings. The molecule has 0 fully saturated rings. The molecule has 0 unspecified atom stereocenters. The molecule has 2 aromatic heterocycles. The summed E-state index contributed by atoms with van der Waals surface area (Å²) in [7, 11) is 0. The molecule has 1 nitrogen and oxygen atoms in total. The highest BCUT2D eigenvalue weighted by molar-refractivity contribution is 7.26. The largest absolute Gasteiger partial charge is 0.246 e. The van der Waals surface area contributed by atoms with Crippen LogP contribution in [-0.4, -0.2) is 4.98 Å². The van der Waals surface area contributed by atoms with Gasteiger partial charge in [-0.3, -0.25) is 0 Å². The minimum Gasteiger partial charge on any atom is -0.246 e. The summed E-state index contributed by atoms with van der Waals surface area (Å²) in [6.07, 6.45) is 0. The number of nitrogens with zero attached hydrogens (tertiary/aromatic N) is 1. The second kappa shape index (κ2) is 7.03. The maximum absolute atomic E-state index is 5.27. The third-order valence-electron chi connectivity index (χ3n) is 8.00. The molecule has 8 aromatic rings. The number of pyridine rings is 1. The van der Waals surface area contributed by atoms with Crippen molar-refractivity contribution in [1.82, 2.24) is 4.98 Å². The fourth-order valence-corrected chi connectivity index (χ4v) is 7.65. The van der Waals surface area contributed by atoms with E-state index in [4.69, 9.17) is 4.98 Å². The van der Waals surface area contributed by atoms with Gasteiger partial charge in [0.1, 0.15) is 0 Å². The van der Waals surface area contributed by atoms with E-state index < -0.39 is 0 Å². The van der Waals surface area contributed by atoms with Gasteiger partial charge < -0.3 is 0 Å². The van der Waals surface area contributed by atoms with Crippen molar-refractivity contribution in [2.75, 3.05) is 0 Å². The van der Waals surface area contributed by atoms with E-state index in [-0.39, 0.29) is 0 Å². The molecule has 6 aromatic carbocycles. The van der Waals surface area contributed by atoms with Crippen LogP contribution in [0, 0.1) is 0 Å². The van der Waals surface area contributed by atoms with Crippen LogP contribution in [-0.2, 0) is 0 Å². The molecular weight excluding hydrogens is 466 g/mol. The third kappa shape index (κ3) is 2.50. The van der Waals surface area contributed by atoms with E-state index in [1.165, 1.54) is 75.1 Å². The first-order valence-electron chi connectivity index (χ1n) is 12.7. The highest BCUT2D eigenvalue weighted by atomic mass is 32.1. The Balaban J connectivity index is 1.53. The average molecular weight is 486 g/mol. The highest BCUT2D eigenvalue weighted by Gasteiger charge is 2.25. The molecule has 0 N–H and O–H groups in total. The van der Waals surface area contributed by atoms with Crippen molar-refractivity contribution in [2.24, 2.45) is 0 Å². The molecule has 0 spiro atoms. The van der Waals surface area contributed by atoms with E-state index in [1.54, 1.807) is 0 Å². The summed E-state index contributed by atoms with van der Waals surface area (Å²) in [5.74, 6) is 0. The summed E-state index contributed by atoms with van der Waals surface area (Å²) >= 11 is 1.86. The SMILES string of the molecule is c1ccc2c(c1)-c1cccc3c(-c4c5sc6ccccc6c5nc5ccc6ccccc6c45)ccc-2c13. The van der Waals surface area contributed by atoms with Gasteiger partial charge in [-0.25, -0.2) is 4.98 Å². The van der Waals surface area contributed by atoms with Gasteiger partial charge in [0.05, 0.1) is 15.7 Å². The second-order valence-corrected chi connectivity index (χ2v) is 10.9. The Labute approximate surface area is 217 Å². The number of thiophene rings is 1. The first kappa shape index (κ1) is 19.6. The summed E-state index contributed by atoms with van der Waals surface area (Å²) in [5, 5.41) is 7.65. The maximum atomic E-state index is 5.27. The van der Waals surface area contributed by atoms with E-state index in [9.17, 15) is 0 Å². The summed E-state index contributed by atoms with van der Waals surface area (Å²) in [4.78, 5) is 5.27. The van der Waals surface area contributed by atoms with Crippen molar-refractivity contribution in [1.29, 1.82) is 0 Å². The molecule has 0 saturated carbocycles. The lowest BCUT2D eigenvalue weighted by molar-refractivity contribution is 1.54. The molecular formula is C35H19NS. The molecule has 0 aliphatic heterocycles. The predicted molar refractivity (Wildman–Crippen MR) is 160 cm³/mol. The van der Waals surface area contributed by atoms with Crippen LogP contribution in [0.15, 0.2) is 115 Å². The summed E-state index contributed by atoms with van der Waals surface area (Å²) in [6.45, 7) is 0. The Bertz CT molecular complexity index is 2220. The Morgan fingerprint density at radius 2 is 1.14 bits per heavy atom. The van der Waals surface area contributed by atoms with Crippen molar-refractivity contribution in [3.05, 3.63) is 115 Å². The van der Waals surface area contributed by atoms with Gasteiger partial charge in [0.25, 0.3) is 0 Å². The van der Waals surface area contributed by atoms with Crippen LogP contribution in [0.4, 0.5) is 0 Å². The van der Waals surface area contributed by atoms with Crippen LogP contribution in [0.2, 0.25) is 0 Å². The van der Waals surface area contributed by atoms with Crippen molar-refractivity contribution in [2.45, 2.75) is 0 Å². The van der Waals surface area contributed by atoms with E-state index in [0.717, 1.165) is 11.0 Å². The number of aromatic nitrogens is 1. The van der Waals surface area contributed by atoms with E-state index >= 15 is 0 Å². The summed E-state index contributed by atoms with van der Waals surface area (Å²) < 4.78 is 2.55. The first-order valence-corrected chi connectivity index (χ1v) is 13.5. The minimum atomic E-state index is 1.05. The molecule has 0 radical (unpaired) electrons. The zero-order valence-corrected chi connectivity index (χ0v) is 20.6. The van der Waals surface area contributed by atoms with Crippen molar-refractivity contribution >= 4 is 64.1 Å². The number of rotatable bonds is 1. The number of benzene rings is 6. The molecule has 2 heteroatoms. The van der Waals surface area contributed by atoms with Gasteiger partial charge in [-0.1, -0.05) is 103 Å². The fourth-order valence-electron chi connectivity index (χ4n) is 6.45. The smallest absolute Gasteiger partial charge is 0.0902 e. The van der Waals surface area contributed by atoms with Crippen LogP contribution in [0.25, 0.3) is 86.1 Å². The third-order valence-corrected chi connectivity index (χ3v) is 9.18. The zero-order chi connectivity index (χ0) is 24.1. The van der Waals surface area contributed by atoms with Crippen molar-refractivity contribution in [3.8, 4) is 33.4 Å². The first-order chi connectivity index (χ1) is 18.4. The van der Waals surface area contributed by atoms with E-state index in [1.807, 2.05) is 11.3 Å². The molecule has 170 valence electrons. The average Bonchev–Trinajstić information content (AvgIpc) is 3.49. The minimum absolute atomic E-state index is 1.05. The van der Waals surface area contributed by atoms with Gasteiger partial charge in [-0.2, -0.15) is 0 Å². The Morgan fingerprint density at radius 1 is 0.459 bits per heavy atom. The lowest BCUT2D eigenvalue weighted by atomic mass is 9.90. The molecule has 1 aliphatic carbocycles. The Morgan fingerprint density at radius 3 is 2.03 bits per heavy atom. The Hall–Kier alpha value is -4.53. The topological polar surface area (TPSA) is 12.9 Å². The lowest BCUT2D eigenvalue weighted by Gasteiger charge is -2.15. The Kier molecular flexibility index (Phi) is 3.73. The van der Waals surface area contributed by atoms with Crippen LogP contribution in [0.3, 0.4) is 0 Å². The number of hydrogen-bond donors (Lipinski definition) is 0. The van der Waals surface area contributed by atoms with Gasteiger partial charge in [-0.15, -0.1) is 11.3 Å². The quantitative estimate of drug-likeness (QED) is 0.211. The zero-order valence-electron chi connectivity index (χ0n) is 19.8. The molecule has 0 saturated heterocycles. The molecule has 2 heterocycles. The second-order valence-electron chi connectivity index (χ2n) is 9.88. The van der Waals surface area contributed by atoms with Crippen LogP contribution < -0.4 is 0 Å². The standard InChI is InChI=1S/C35H19NS/c1-2-9-21-20(8-1)16-19-29-32(21)33(35-34(36-29)28-12-5-6-15-30(28)37-35)27-18-17-26-23-11-4-3-10-22(23)24-13-7-14-25(27)31(24)26/h1-19H. The van der Waals surface area contributed by atoms with Crippen molar-refractivity contribution in [3.63, 3.8) is 0 Å². The van der Waals surface area contributed by atoms with Crippen molar-refractivity contribution < 1.29 is 0 Å². The predicted octanol–water partition coefficient (Wildman–Crippen LogP) is 10.2. The molecule has 0 amide bonds. The van der Waals surface area contributed by atoms with Gasteiger partial charge in [0.15, 0.2) is 0 Å². The van der Waals surface area contributed by atoms with Gasteiger partial charge in [0.2, 0.25) is 0 Å². The monoisotopic (exact) mass is 485 g/mol. The van der Waals surface area contributed by atoms with E-state index in [2.05, 4.69) is 115 Å². The fraction of sp³-hybridized carbons (Fsp3) is 0. The van der Waals surface area contributed by atoms with Gasteiger partial charge in [-0.05, 0) is 61.5 Å².